The van der Waals surface area contributed by atoms with Crippen molar-refractivity contribution >= 4 is 21.6 Å². The number of sulfonamides is 1. The molecule has 26 heavy (non-hydrogen) atoms. The molecule has 2 aromatic rings. The number of nitrogens with zero attached hydrogens (tertiary/aromatic N) is 1. The van der Waals surface area contributed by atoms with Gasteiger partial charge in [0.15, 0.2) is 0 Å². The quantitative estimate of drug-likeness (QED) is 0.889. The monoisotopic (exact) mass is 372 g/mol. The number of hydrogen-bond donors (Lipinski definition) is 1. The Morgan fingerprint density at radius 2 is 1.73 bits per heavy atom. The van der Waals surface area contributed by atoms with Gasteiger partial charge in [0.25, 0.3) is 5.91 Å². The highest BCUT2D eigenvalue weighted by Gasteiger charge is 2.26. The molecule has 5 nitrogen and oxygen atoms in total. The molecule has 1 saturated heterocycles. The molecule has 0 bridgehead atoms. The van der Waals surface area contributed by atoms with Crippen molar-refractivity contribution in [1.29, 1.82) is 0 Å². The highest BCUT2D eigenvalue weighted by atomic mass is 32.2. The Balaban J connectivity index is 1.87. The van der Waals surface area contributed by atoms with E-state index in [0.29, 0.717) is 24.3 Å². The highest BCUT2D eigenvalue weighted by molar-refractivity contribution is 7.89. The first kappa shape index (κ1) is 18.6. The van der Waals surface area contributed by atoms with Crippen LogP contribution in [0.4, 0.5) is 5.69 Å². The van der Waals surface area contributed by atoms with E-state index in [1.807, 2.05) is 26.0 Å². The third-order valence-corrected chi connectivity index (χ3v) is 6.58. The lowest BCUT2D eigenvalue weighted by molar-refractivity contribution is 0.102. The standard InChI is InChI=1S/C20H24N2O3S/c1-15-7-6-8-17(13-15)20(23)21-19-14-18(10-9-16(19)2)26(24,25)22-11-4-3-5-12-22/h6-10,13-14H,3-5,11-12H2,1-2H3,(H,21,23). The van der Waals surface area contributed by atoms with Crippen LogP contribution in [0.3, 0.4) is 0 Å². The summed E-state index contributed by atoms with van der Waals surface area (Å²) < 4.78 is 27.3. The zero-order valence-corrected chi connectivity index (χ0v) is 16.0. The average Bonchev–Trinajstić information content (AvgIpc) is 2.64. The van der Waals surface area contributed by atoms with Gasteiger partial charge < -0.3 is 5.32 Å². The average molecular weight is 372 g/mol. The molecular formula is C20H24N2O3S. The van der Waals surface area contributed by atoms with E-state index < -0.39 is 10.0 Å². The Labute approximate surface area is 155 Å². The topological polar surface area (TPSA) is 66.5 Å². The molecule has 1 amide bonds. The molecule has 6 heteroatoms. The van der Waals surface area contributed by atoms with Crippen molar-refractivity contribution in [3.8, 4) is 0 Å². The number of hydrogen-bond acceptors (Lipinski definition) is 3. The molecule has 1 aliphatic heterocycles. The number of amides is 1. The SMILES string of the molecule is Cc1cccc(C(=O)Nc2cc(S(=O)(=O)N3CCCCC3)ccc2C)c1. The molecule has 2 aromatic carbocycles. The lowest BCUT2D eigenvalue weighted by Crippen LogP contribution is -2.35. The predicted molar refractivity (Wildman–Crippen MR) is 103 cm³/mol. The minimum atomic E-state index is -3.53. The summed E-state index contributed by atoms with van der Waals surface area (Å²) >= 11 is 0. The summed E-state index contributed by atoms with van der Waals surface area (Å²) in [6.07, 6.45) is 2.85. The first-order valence-electron chi connectivity index (χ1n) is 8.87. The number of anilines is 1. The maximum atomic E-state index is 12.9. The first-order chi connectivity index (χ1) is 12.4. The van der Waals surface area contributed by atoms with Crippen molar-refractivity contribution in [2.24, 2.45) is 0 Å². The smallest absolute Gasteiger partial charge is 0.255 e. The van der Waals surface area contributed by atoms with Gasteiger partial charge in [-0.25, -0.2) is 8.42 Å². The fourth-order valence-electron chi connectivity index (χ4n) is 3.13. The minimum Gasteiger partial charge on any atom is -0.322 e. The van der Waals surface area contributed by atoms with Crippen LogP contribution in [0.5, 0.6) is 0 Å². The van der Waals surface area contributed by atoms with Gasteiger partial charge in [-0.3, -0.25) is 4.79 Å². The molecule has 1 heterocycles. The highest BCUT2D eigenvalue weighted by Crippen LogP contribution is 2.25. The number of carbonyl (C=O) groups is 1. The fraction of sp³-hybridized carbons (Fsp3) is 0.350. The van der Waals surface area contributed by atoms with E-state index in [4.69, 9.17) is 0 Å². The van der Waals surface area contributed by atoms with Crippen LogP contribution in [-0.2, 0) is 10.0 Å². The third-order valence-electron chi connectivity index (χ3n) is 4.69. The van der Waals surface area contributed by atoms with Crippen molar-refractivity contribution in [3.63, 3.8) is 0 Å². The Bertz CT molecular complexity index is 916. The maximum Gasteiger partial charge on any atom is 0.255 e. The molecule has 0 aromatic heterocycles. The van der Waals surface area contributed by atoms with Crippen LogP contribution in [0.25, 0.3) is 0 Å². The van der Waals surface area contributed by atoms with Crippen LogP contribution in [-0.4, -0.2) is 31.7 Å². The normalized spacial score (nSPS) is 15.6. The third kappa shape index (κ3) is 3.97. The molecule has 1 fully saturated rings. The summed E-state index contributed by atoms with van der Waals surface area (Å²) in [6, 6.07) is 12.2. The van der Waals surface area contributed by atoms with Gasteiger partial charge in [-0.1, -0.05) is 30.2 Å². The number of benzene rings is 2. The van der Waals surface area contributed by atoms with E-state index in [-0.39, 0.29) is 10.8 Å². The molecule has 0 spiro atoms. The molecule has 1 N–H and O–H groups in total. The van der Waals surface area contributed by atoms with E-state index in [2.05, 4.69) is 5.32 Å². The molecule has 138 valence electrons. The summed E-state index contributed by atoms with van der Waals surface area (Å²) in [5.74, 6) is -0.246. The molecule has 0 unspecified atom stereocenters. The van der Waals surface area contributed by atoms with Crippen molar-refractivity contribution in [2.75, 3.05) is 18.4 Å². The number of rotatable bonds is 4. The van der Waals surface area contributed by atoms with Gasteiger partial charge in [0.2, 0.25) is 10.0 Å². The van der Waals surface area contributed by atoms with Crippen molar-refractivity contribution < 1.29 is 13.2 Å². The van der Waals surface area contributed by atoms with E-state index in [9.17, 15) is 13.2 Å². The van der Waals surface area contributed by atoms with Crippen molar-refractivity contribution in [1.82, 2.24) is 4.31 Å². The summed E-state index contributed by atoms with van der Waals surface area (Å²) in [5, 5.41) is 2.85. The zero-order valence-electron chi connectivity index (χ0n) is 15.2. The van der Waals surface area contributed by atoms with Gasteiger partial charge in [-0.2, -0.15) is 4.31 Å². The summed E-state index contributed by atoms with van der Waals surface area (Å²) in [4.78, 5) is 12.7. The Morgan fingerprint density at radius 1 is 1.00 bits per heavy atom. The molecule has 0 aliphatic carbocycles. The van der Waals surface area contributed by atoms with E-state index in [1.54, 1.807) is 30.3 Å². The van der Waals surface area contributed by atoms with Gasteiger partial charge in [0.1, 0.15) is 0 Å². The molecule has 0 radical (unpaired) electrons. The second-order valence-electron chi connectivity index (χ2n) is 6.77. The molecule has 0 saturated carbocycles. The lowest BCUT2D eigenvalue weighted by atomic mass is 10.1. The largest absolute Gasteiger partial charge is 0.322 e. The molecular weight excluding hydrogens is 348 g/mol. The van der Waals surface area contributed by atoms with Crippen LogP contribution >= 0.6 is 0 Å². The van der Waals surface area contributed by atoms with Crippen LogP contribution in [0, 0.1) is 13.8 Å². The molecule has 1 aliphatic rings. The molecule has 3 rings (SSSR count). The molecule has 0 atom stereocenters. The number of nitrogens with one attached hydrogen (secondary N) is 1. The predicted octanol–water partition coefficient (Wildman–Crippen LogP) is 3.73. The van der Waals surface area contributed by atoms with Crippen molar-refractivity contribution in [3.05, 3.63) is 59.2 Å². The minimum absolute atomic E-state index is 0.226. The number of aryl methyl sites for hydroxylation is 2. The van der Waals surface area contributed by atoms with Gasteiger partial charge in [0, 0.05) is 24.3 Å². The summed E-state index contributed by atoms with van der Waals surface area (Å²) in [5.41, 5.74) is 2.89. The van der Waals surface area contributed by atoms with Gasteiger partial charge in [-0.15, -0.1) is 0 Å². The van der Waals surface area contributed by atoms with Gasteiger partial charge in [-0.05, 0) is 56.5 Å². The second-order valence-corrected chi connectivity index (χ2v) is 8.70. The number of piperidine rings is 1. The Kier molecular flexibility index (Phi) is 5.44. The maximum absolute atomic E-state index is 12.9. The van der Waals surface area contributed by atoms with Crippen molar-refractivity contribution in [2.45, 2.75) is 38.0 Å². The number of carbonyl (C=O) groups excluding carboxylic acids is 1. The Morgan fingerprint density at radius 3 is 2.42 bits per heavy atom. The van der Waals surface area contributed by atoms with Crippen LogP contribution in [0.15, 0.2) is 47.4 Å². The zero-order chi connectivity index (χ0) is 18.7. The lowest BCUT2D eigenvalue weighted by Gasteiger charge is -2.26. The van der Waals surface area contributed by atoms with Crippen LogP contribution in [0.1, 0.15) is 40.7 Å². The summed E-state index contributed by atoms with van der Waals surface area (Å²) in [6.45, 7) is 4.89. The first-order valence-corrected chi connectivity index (χ1v) is 10.3. The van der Waals surface area contributed by atoms with E-state index >= 15 is 0 Å². The van der Waals surface area contributed by atoms with E-state index in [0.717, 1.165) is 30.4 Å². The second kappa shape index (κ2) is 7.60. The Hall–Kier alpha value is -2.18. The van der Waals surface area contributed by atoms with Gasteiger partial charge >= 0.3 is 0 Å². The van der Waals surface area contributed by atoms with Crippen LogP contribution < -0.4 is 5.32 Å². The van der Waals surface area contributed by atoms with E-state index in [1.165, 1.54) is 4.31 Å². The fourth-order valence-corrected chi connectivity index (χ4v) is 4.68. The summed E-state index contributed by atoms with van der Waals surface area (Å²) in [7, 11) is -3.53. The van der Waals surface area contributed by atoms with Crippen LogP contribution in [0.2, 0.25) is 0 Å². The van der Waals surface area contributed by atoms with Gasteiger partial charge in [0.05, 0.1) is 4.90 Å².